The average molecular weight is 222 g/mol. The van der Waals surface area contributed by atoms with Crippen LogP contribution in [0.5, 0.6) is 5.75 Å². The Morgan fingerprint density at radius 3 is 2.88 bits per heavy atom. The molecule has 2 aromatic heterocycles. The van der Waals surface area contributed by atoms with Crippen LogP contribution in [-0.4, -0.2) is 39.3 Å². The van der Waals surface area contributed by atoms with Gasteiger partial charge in [0.1, 0.15) is 11.4 Å². The van der Waals surface area contributed by atoms with Gasteiger partial charge in [-0.2, -0.15) is 20.5 Å². The first-order valence-electron chi connectivity index (χ1n) is 4.86. The summed E-state index contributed by atoms with van der Waals surface area (Å²) in [6.45, 7) is 0. The Kier molecular flexibility index (Phi) is 2.86. The van der Waals surface area contributed by atoms with Gasteiger partial charge in [-0.15, -0.1) is 0 Å². The number of hydrogen-bond donors (Lipinski definition) is 2. The molecule has 0 amide bonds. The zero-order chi connectivity index (χ0) is 11.5. The van der Waals surface area contributed by atoms with Gasteiger partial charge in [0.2, 0.25) is 0 Å². The van der Waals surface area contributed by atoms with Gasteiger partial charge in [-0.25, -0.2) is 0 Å². The van der Waals surface area contributed by atoms with Crippen molar-refractivity contribution >= 4 is 0 Å². The van der Waals surface area contributed by atoms with Crippen LogP contribution in [0, 0.1) is 0 Å². The minimum Gasteiger partial charge on any atom is -0.493 e. The number of aromatic amines is 1. The SMILES string of the molecule is CNC(c1cn[nH]n1)c1c(OC)cnn1C. The van der Waals surface area contributed by atoms with Crippen molar-refractivity contribution in [2.24, 2.45) is 7.05 Å². The van der Waals surface area contributed by atoms with Gasteiger partial charge >= 0.3 is 0 Å². The number of methoxy groups -OCH3 is 1. The highest BCUT2D eigenvalue weighted by Crippen LogP contribution is 2.27. The summed E-state index contributed by atoms with van der Waals surface area (Å²) in [6, 6.07) is -0.0961. The summed E-state index contributed by atoms with van der Waals surface area (Å²) < 4.78 is 7.02. The quantitative estimate of drug-likeness (QED) is 0.752. The molecule has 1 unspecified atom stereocenters. The number of aromatic nitrogens is 5. The van der Waals surface area contributed by atoms with Crippen LogP contribution in [-0.2, 0) is 7.05 Å². The average Bonchev–Trinajstić information content (AvgIpc) is 2.91. The Labute approximate surface area is 92.8 Å². The molecule has 0 spiro atoms. The van der Waals surface area contributed by atoms with E-state index in [4.69, 9.17) is 4.74 Å². The molecule has 7 nitrogen and oxygen atoms in total. The number of H-pyrrole nitrogens is 1. The smallest absolute Gasteiger partial charge is 0.161 e. The molecule has 0 aliphatic rings. The van der Waals surface area contributed by atoms with Crippen LogP contribution in [0.4, 0.5) is 0 Å². The summed E-state index contributed by atoms with van der Waals surface area (Å²) in [5, 5.41) is 17.8. The molecule has 0 fully saturated rings. The molecular weight excluding hydrogens is 208 g/mol. The van der Waals surface area contributed by atoms with Crippen molar-refractivity contribution in [3.8, 4) is 5.75 Å². The molecule has 2 heterocycles. The van der Waals surface area contributed by atoms with Crippen molar-refractivity contribution in [1.82, 2.24) is 30.5 Å². The molecule has 0 bridgehead atoms. The number of aryl methyl sites for hydroxylation is 1. The second kappa shape index (κ2) is 4.31. The molecule has 7 heteroatoms. The van der Waals surface area contributed by atoms with Crippen LogP contribution >= 0.6 is 0 Å². The minimum absolute atomic E-state index is 0.0961. The van der Waals surface area contributed by atoms with Gasteiger partial charge in [-0.05, 0) is 7.05 Å². The van der Waals surface area contributed by atoms with Crippen LogP contribution in [0.2, 0.25) is 0 Å². The summed E-state index contributed by atoms with van der Waals surface area (Å²) >= 11 is 0. The summed E-state index contributed by atoms with van der Waals surface area (Å²) in [5.74, 6) is 0.727. The number of ether oxygens (including phenoxy) is 1. The lowest BCUT2D eigenvalue weighted by Gasteiger charge is -2.15. The lowest BCUT2D eigenvalue weighted by atomic mass is 10.1. The maximum atomic E-state index is 5.27. The van der Waals surface area contributed by atoms with Crippen molar-refractivity contribution in [2.75, 3.05) is 14.2 Å². The lowest BCUT2D eigenvalue weighted by Crippen LogP contribution is -2.21. The van der Waals surface area contributed by atoms with Gasteiger partial charge < -0.3 is 10.1 Å². The molecule has 2 N–H and O–H groups in total. The highest BCUT2D eigenvalue weighted by atomic mass is 16.5. The predicted octanol–water partition coefficient (Wildman–Crippen LogP) is -0.144. The Morgan fingerprint density at radius 2 is 2.31 bits per heavy atom. The van der Waals surface area contributed by atoms with E-state index >= 15 is 0 Å². The van der Waals surface area contributed by atoms with Crippen molar-refractivity contribution in [1.29, 1.82) is 0 Å². The molecule has 2 aromatic rings. The number of hydrogen-bond acceptors (Lipinski definition) is 5. The highest BCUT2D eigenvalue weighted by molar-refractivity contribution is 5.32. The Morgan fingerprint density at radius 1 is 1.50 bits per heavy atom. The van der Waals surface area contributed by atoms with Crippen molar-refractivity contribution in [3.63, 3.8) is 0 Å². The largest absolute Gasteiger partial charge is 0.493 e. The fraction of sp³-hybridized carbons (Fsp3) is 0.444. The first-order chi connectivity index (χ1) is 7.77. The lowest BCUT2D eigenvalue weighted by molar-refractivity contribution is 0.402. The molecular formula is C9H14N6O. The van der Waals surface area contributed by atoms with E-state index in [0.717, 1.165) is 17.1 Å². The fourth-order valence-electron chi connectivity index (χ4n) is 1.69. The topological polar surface area (TPSA) is 80.7 Å². The molecule has 86 valence electrons. The molecule has 16 heavy (non-hydrogen) atoms. The summed E-state index contributed by atoms with van der Waals surface area (Å²) in [4.78, 5) is 0. The van der Waals surface area contributed by atoms with E-state index in [0.29, 0.717) is 0 Å². The molecule has 0 aliphatic carbocycles. The van der Waals surface area contributed by atoms with E-state index < -0.39 is 0 Å². The third-order valence-electron chi connectivity index (χ3n) is 2.46. The summed E-state index contributed by atoms with van der Waals surface area (Å²) in [6.07, 6.45) is 3.35. The van der Waals surface area contributed by atoms with E-state index in [-0.39, 0.29) is 6.04 Å². The van der Waals surface area contributed by atoms with Crippen LogP contribution in [0.25, 0.3) is 0 Å². The highest BCUT2D eigenvalue weighted by Gasteiger charge is 2.22. The van der Waals surface area contributed by atoms with E-state index in [9.17, 15) is 0 Å². The molecule has 0 saturated heterocycles. The van der Waals surface area contributed by atoms with Gasteiger partial charge in [0.25, 0.3) is 0 Å². The third kappa shape index (κ3) is 1.65. The van der Waals surface area contributed by atoms with Crippen molar-refractivity contribution < 1.29 is 4.74 Å². The third-order valence-corrected chi connectivity index (χ3v) is 2.46. The van der Waals surface area contributed by atoms with E-state index in [1.165, 1.54) is 0 Å². The normalized spacial score (nSPS) is 12.7. The Balaban J connectivity index is 2.44. The summed E-state index contributed by atoms with van der Waals surface area (Å²) in [7, 11) is 5.34. The zero-order valence-corrected chi connectivity index (χ0v) is 9.43. The van der Waals surface area contributed by atoms with Crippen LogP contribution in [0.1, 0.15) is 17.4 Å². The van der Waals surface area contributed by atoms with Crippen molar-refractivity contribution in [2.45, 2.75) is 6.04 Å². The number of nitrogens with one attached hydrogen (secondary N) is 2. The number of rotatable bonds is 4. The molecule has 2 rings (SSSR count). The van der Waals surface area contributed by atoms with E-state index in [1.54, 1.807) is 24.2 Å². The second-order valence-electron chi connectivity index (χ2n) is 3.34. The van der Waals surface area contributed by atoms with E-state index in [1.807, 2.05) is 14.1 Å². The van der Waals surface area contributed by atoms with Crippen molar-refractivity contribution in [3.05, 3.63) is 23.8 Å². The monoisotopic (exact) mass is 222 g/mol. The van der Waals surface area contributed by atoms with Crippen LogP contribution < -0.4 is 10.1 Å². The molecule has 0 radical (unpaired) electrons. The Hall–Kier alpha value is -1.89. The standard InChI is InChI=1S/C9H14N6O/c1-10-8(6-4-11-14-13-6)9-7(16-3)5-12-15(9)2/h4-5,8,10H,1-3H3,(H,11,13,14). The van der Waals surface area contributed by atoms with Gasteiger partial charge in [0.05, 0.1) is 25.5 Å². The maximum Gasteiger partial charge on any atom is 0.161 e. The maximum absolute atomic E-state index is 5.27. The number of nitrogens with zero attached hydrogens (tertiary/aromatic N) is 4. The fourth-order valence-corrected chi connectivity index (χ4v) is 1.69. The van der Waals surface area contributed by atoms with Gasteiger partial charge in [-0.1, -0.05) is 0 Å². The summed E-state index contributed by atoms with van der Waals surface area (Å²) in [5.41, 5.74) is 1.71. The molecule has 0 aliphatic heterocycles. The zero-order valence-electron chi connectivity index (χ0n) is 9.43. The second-order valence-corrected chi connectivity index (χ2v) is 3.34. The molecule has 0 saturated carbocycles. The molecule has 0 aromatic carbocycles. The van der Waals surface area contributed by atoms with Gasteiger partial charge in [0, 0.05) is 7.05 Å². The minimum atomic E-state index is -0.0961. The van der Waals surface area contributed by atoms with Gasteiger partial charge in [-0.3, -0.25) is 4.68 Å². The van der Waals surface area contributed by atoms with Crippen LogP contribution in [0.3, 0.4) is 0 Å². The Bertz CT molecular complexity index is 449. The van der Waals surface area contributed by atoms with E-state index in [2.05, 4.69) is 25.8 Å². The first-order valence-corrected chi connectivity index (χ1v) is 4.86. The molecule has 1 atom stereocenters. The van der Waals surface area contributed by atoms with Gasteiger partial charge in [0.15, 0.2) is 5.75 Å². The van der Waals surface area contributed by atoms with Crippen LogP contribution in [0.15, 0.2) is 12.4 Å². The first kappa shape index (κ1) is 10.6. The predicted molar refractivity (Wildman–Crippen MR) is 57.0 cm³/mol.